The standard InChI is InChI=1S/C16H30O3/c1-6-14(17)10-8-12-15(18)11-7-9-13(2)19-16(3,4)5/h6,13,15,18H,1,7-12H2,2-5H3. The average Bonchev–Trinajstić information content (AvgIpc) is 2.26. The maximum absolute atomic E-state index is 11.0. The quantitative estimate of drug-likeness (QED) is 0.616. The summed E-state index contributed by atoms with van der Waals surface area (Å²) in [5, 5.41) is 9.80. The molecule has 0 aromatic heterocycles. The lowest BCUT2D eigenvalue weighted by atomic mass is 10.0. The van der Waals surface area contributed by atoms with Gasteiger partial charge in [0.05, 0.1) is 17.8 Å². The van der Waals surface area contributed by atoms with Gasteiger partial charge in [-0.05, 0) is 65.9 Å². The fraction of sp³-hybridized carbons (Fsp3) is 0.812. The van der Waals surface area contributed by atoms with Gasteiger partial charge < -0.3 is 9.84 Å². The van der Waals surface area contributed by atoms with Crippen LogP contribution in [0.15, 0.2) is 12.7 Å². The predicted octanol–water partition coefficient (Wildman–Crippen LogP) is 3.65. The molecule has 0 aromatic rings. The molecule has 2 atom stereocenters. The monoisotopic (exact) mass is 270 g/mol. The second kappa shape index (κ2) is 9.27. The summed E-state index contributed by atoms with van der Waals surface area (Å²) >= 11 is 0. The number of hydrogen-bond donors (Lipinski definition) is 1. The molecule has 3 nitrogen and oxygen atoms in total. The van der Waals surface area contributed by atoms with E-state index in [1.54, 1.807) is 0 Å². The molecule has 112 valence electrons. The number of ether oxygens (including phenoxy) is 1. The van der Waals surface area contributed by atoms with Gasteiger partial charge in [0.15, 0.2) is 5.78 Å². The molecule has 0 rings (SSSR count). The molecule has 1 N–H and O–H groups in total. The summed E-state index contributed by atoms with van der Waals surface area (Å²) in [6.07, 6.45) is 5.86. The van der Waals surface area contributed by atoms with Crippen molar-refractivity contribution < 1.29 is 14.6 Å². The smallest absolute Gasteiger partial charge is 0.155 e. The molecule has 0 bridgehead atoms. The zero-order valence-corrected chi connectivity index (χ0v) is 12.9. The Hall–Kier alpha value is -0.670. The highest BCUT2D eigenvalue weighted by Crippen LogP contribution is 2.16. The zero-order valence-electron chi connectivity index (χ0n) is 12.9. The molecule has 0 aliphatic rings. The molecule has 2 unspecified atom stereocenters. The molecule has 0 amide bonds. The van der Waals surface area contributed by atoms with Crippen molar-refractivity contribution in [2.24, 2.45) is 0 Å². The first-order chi connectivity index (χ1) is 8.74. The van der Waals surface area contributed by atoms with E-state index < -0.39 is 0 Å². The minimum atomic E-state index is -0.306. The van der Waals surface area contributed by atoms with E-state index in [0.717, 1.165) is 25.7 Å². The van der Waals surface area contributed by atoms with Crippen molar-refractivity contribution in [3.8, 4) is 0 Å². The summed E-state index contributed by atoms with van der Waals surface area (Å²) in [6.45, 7) is 11.7. The lowest BCUT2D eigenvalue weighted by Gasteiger charge is -2.25. The number of carbonyl (C=O) groups is 1. The normalized spacial score (nSPS) is 15.0. The minimum absolute atomic E-state index is 0.0550. The third kappa shape index (κ3) is 12.1. The number of aliphatic hydroxyl groups is 1. The number of carbonyl (C=O) groups excluding carboxylic acids is 1. The zero-order chi connectivity index (χ0) is 14.9. The molecule has 0 saturated heterocycles. The first-order valence-corrected chi connectivity index (χ1v) is 7.25. The number of ketones is 1. The lowest BCUT2D eigenvalue weighted by molar-refractivity contribution is -0.114. The molecule has 0 aromatic carbocycles. The van der Waals surface area contributed by atoms with Gasteiger partial charge in [0.2, 0.25) is 0 Å². The number of aliphatic hydroxyl groups excluding tert-OH is 1. The van der Waals surface area contributed by atoms with Crippen molar-refractivity contribution in [3.05, 3.63) is 12.7 Å². The van der Waals surface area contributed by atoms with Crippen molar-refractivity contribution in [1.82, 2.24) is 0 Å². The van der Waals surface area contributed by atoms with E-state index in [1.165, 1.54) is 6.08 Å². The molecule has 0 spiro atoms. The summed E-state index contributed by atoms with van der Waals surface area (Å²) in [5.41, 5.74) is -0.108. The fourth-order valence-electron chi connectivity index (χ4n) is 2.06. The number of hydrogen-bond acceptors (Lipinski definition) is 3. The maximum Gasteiger partial charge on any atom is 0.155 e. The average molecular weight is 270 g/mol. The van der Waals surface area contributed by atoms with E-state index in [0.29, 0.717) is 12.8 Å². The van der Waals surface area contributed by atoms with E-state index in [2.05, 4.69) is 34.3 Å². The Morgan fingerprint density at radius 1 is 1.26 bits per heavy atom. The van der Waals surface area contributed by atoms with Gasteiger partial charge in [-0.15, -0.1) is 0 Å². The summed E-state index contributed by atoms with van der Waals surface area (Å²) in [7, 11) is 0. The summed E-state index contributed by atoms with van der Waals surface area (Å²) in [6, 6.07) is 0. The van der Waals surface area contributed by atoms with Gasteiger partial charge >= 0.3 is 0 Å². The van der Waals surface area contributed by atoms with E-state index in [9.17, 15) is 9.90 Å². The van der Waals surface area contributed by atoms with Crippen molar-refractivity contribution in [1.29, 1.82) is 0 Å². The van der Waals surface area contributed by atoms with E-state index in [1.807, 2.05) is 0 Å². The van der Waals surface area contributed by atoms with Crippen LogP contribution in [0.4, 0.5) is 0 Å². The van der Waals surface area contributed by atoms with Crippen LogP contribution in [0.25, 0.3) is 0 Å². The Morgan fingerprint density at radius 2 is 1.84 bits per heavy atom. The highest BCUT2D eigenvalue weighted by Gasteiger charge is 2.15. The predicted molar refractivity (Wildman–Crippen MR) is 79.2 cm³/mol. The van der Waals surface area contributed by atoms with Gasteiger partial charge in [0, 0.05) is 6.42 Å². The summed E-state index contributed by atoms with van der Waals surface area (Å²) in [5.74, 6) is 0.0550. The lowest BCUT2D eigenvalue weighted by Crippen LogP contribution is -2.25. The minimum Gasteiger partial charge on any atom is -0.393 e. The molecule has 0 saturated carbocycles. The third-order valence-electron chi connectivity index (χ3n) is 2.89. The van der Waals surface area contributed by atoms with Gasteiger partial charge in [0.25, 0.3) is 0 Å². The highest BCUT2D eigenvalue weighted by molar-refractivity contribution is 5.88. The topological polar surface area (TPSA) is 46.5 Å². The first kappa shape index (κ1) is 18.3. The second-order valence-corrected chi connectivity index (χ2v) is 6.19. The molecule has 3 heteroatoms. The summed E-state index contributed by atoms with van der Waals surface area (Å²) < 4.78 is 5.81. The molecular formula is C16H30O3. The second-order valence-electron chi connectivity index (χ2n) is 6.19. The Labute approximate surface area is 118 Å². The van der Waals surface area contributed by atoms with E-state index in [-0.39, 0.29) is 23.6 Å². The van der Waals surface area contributed by atoms with Gasteiger partial charge in [-0.2, -0.15) is 0 Å². The largest absolute Gasteiger partial charge is 0.393 e. The number of allylic oxidation sites excluding steroid dienone is 1. The van der Waals surface area contributed by atoms with Crippen LogP contribution in [0.2, 0.25) is 0 Å². The molecule has 0 heterocycles. The Morgan fingerprint density at radius 3 is 2.37 bits per heavy atom. The van der Waals surface area contributed by atoms with Crippen LogP contribution in [0.3, 0.4) is 0 Å². The molecular weight excluding hydrogens is 240 g/mol. The van der Waals surface area contributed by atoms with Crippen molar-refractivity contribution in [2.75, 3.05) is 0 Å². The Kier molecular flexibility index (Phi) is 8.94. The maximum atomic E-state index is 11.0. The van der Waals surface area contributed by atoms with Gasteiger partial charge in [-0.25, -0.2) is 0 Å². The first-order valence-electron chi connectivity index (χ1n) is 7.25. The Bertz CT molecular complexity index is 266. The number of rotatable bonds is 10. The third-order valence-corrected chi connectivity index (χ3v) is 2.89. The van der Waals surface area contributed by atoms with Gasteiger partial charge in [-0.1, -0.05) is 6.58 Å². The van der Waals surface area contributed by atoms with Crippen LogP contribution in [-0.2, 0) is 9.53 Å². The van der Waals surface area contributed by atoms with E-state index >= 15 is 0 Å². The van der Waals surface area contributed by atoms with Crippen LogP contribution in [0.1, 0.15) is 66.2 Å². The molecule has 0 aliphatic heterocycles. The fourth-order valence-corrected chi connectivity index (χ4v) is 2.06. The van der Waals surface area contributed by atoms with Crippen LogP contribution in [0.5, 0.6) is 0 Å². The SMILES string of the molecule is C=CC(=O)CCCC(O)CCCC(C)OC(C)(C)C. The molecule has 0 radical (unpaired) electrons. The van der Waals surface area contributed by atoms with Crippen LogP contribution in [-0.4, -0.2) is 28.7 Å². The summed E-state index contributed by atoms with van der Waals surface area (Å²) in [4.78, 5) is 11.0. The van der Waals surface area contributed by atoms with Gasteiger partial charge in [-0.3, -0.25) is 4.79 Å². The van der Waals surface area contributed by atoms with Crippen LogP contribution < -0.4 is 0 Å². The van der Waals surface area contributed by atoms with Crippen molar-refractivity contribution in [2.45, 2.75) is 84.0 Å². The van der Waals surface area contributed by atoms with Crippen molar-refractivity contribution in [3.63, 3.8) is 0 Å². The highest BCUT2D eigenvalue weighted by atomic mass is 16.5. The van der Waals surface area contributed by atoms with Gasteiger partial charge in [0.1, 0.15) is 0 Å². The van der Waals surface area contributed by atoms with Crippen LogP contribution in [0, 0.1) is 0 Å². The van der Waals surface area contributed by atoms with Crippen LogP contribution >= 0.6 is 0 Å². The molecule has 19 heavy (non-hydrogen) atoms. The van der Waals surface area contributed by atoms with Crippen molar-refractivity contribution >= 4 is 5.78 Å². The molecule has 0 fully saturated rings. The van der Waals surface area contributed by atoms with E-state index in [4.69, 9.17) is 4.74 Å². The Balaban J connectivity index is 3.60. The molecule has 0 aliphatic carbocycles.